The van der Waals surface area contributed by atoms with E-state index in [1.165, 1.54) is 30.7 Å². The lowest BCUT2D eigenvalue weighted by molar-refractivity contribution is 0.198. The Morgan fingerprint density at radius 3 is 2.77 bits per heavy atom. The van der Waals surface area contributed by atoms with Crippen molar-refractivity contribution in [2.75, 3.05) is 0 Å². The summed E-state index contributed by atoms with van der Waals surface area (Å²) < 4.78 is 17.3. The van der Waals surface area contributed by atoms with Gasteiger partial charge < -0.3 is 5.11 Å². The van der Waals surface area contributed by atoms with Crippen LogP contribution in [0.4, 0.5) is 4.39 Å². The van der Waals surface area contributed by atoms with Crippen molar-refractivity contribution in [2.45, 2.75) is 38.7 Å². The lowest BCUT2D eigenvalue weighted by atomic mass is 10.1. The normalized spacial score (nSPS) is 15.4. The van der Waals surface area contributed by atoms with Crippen molar-refractivity contribution in [1.82, 2.24) is 19.6 Å². The third kappa shape index (κ3) is 3.42. The van der Waals surface area contributed by atoms with Crippen molar-refractivity contribution >= 4 is 0 Å². The van der Waals surface area contributed by atoms with Crippen LogP contribution in [0.15, 0.2) is 36.5 Å². The molecule has 1 N–H and O–H groups in total. The SMILES string of the molecule is C[C@@H](O)c1cc(F)ccc1-n1nccc1Cc1cc(CC2CC2)n(C)n1. The van der Waals surface area contributed by atoms with Gasteiger partial charge in [-0.2, -0.15) is 10.2 Å². The number of aliphatic hydroxyl groups is 1. The van der Waals surface area contributed by atoms with E-state index in [2.05, 4.69) is 16.3 Å². The first-order valence-electron chi connectivity index (χ1n) is 9.04. The zero-order valence-electron chi connectivity index (χ0n) is 15.1. The number of aromatic nitrogens is 4. The predicted octanol–water partition coefficient (Wildman–Crippen LogP) is 3.34. The van der Waals surface area contributed by atoms with Crippen LogP contribution in [0.25, 0.3) is 5.69 Å². The zero-order valence-corrected chi connectivity index (χ0v) is 15.1. The zero-order chi connectivity index (χ0) is 18.3. The minimum absolute atomic E-state index is 0.368. The van der Waals surface area contributed by atoms with Crippen LogP contribution in [0.3, 0.4) is 0 Å². The van der Waals surface area contributed by atoms with Crippen LogP contribution in [-0.2, 0) is 19.9 Å². The first-order valence-corrected chi connectivity index (χ1v) is 9.04. The molecule has 0 amide bonds. The Morgan fingerprint density at radius 2 is 2.04 bits per heavy atom. The number of halogens is 1. The Kier molecular flexibility index (Phi) is 4.36. The number of aliphatic hydroxyl groups excluding tert-OH is 1. The average molecular weight is 354 g/mol. The number of rotatable bonds is 6. The average Bonchev–Trinajstić information content (AvgIpc) is 3.19. The highest BCUT2D eigenvalue weighted by molar-refractivity contribution is 5.43. The van der Waals surface area contributed by atoms with Gasteiger partial charge in [-0.05, 0) is 62.4 Å². The molecule has 5 nitrogen and oxygen atoms in total. The van der Waals surface area contributed by atoms with Crippen molar-refractivity contribution in [3.63, 3.8) is 0 Å². The second-order valence-corrected chi connectivity index (χ2v) is 7.19. The van der Waals surface area contributed by atoms with Crippen LogP contribution >= 0.6 is 0 Å². The summed E-state index contributed by atoms with van der Waals surface area (Å²) in [5.41, 5.74) is 4.42. The van der Waals surface area contributed by atoms with Crippen molar-refractivity contribution in [3.8, 4) is 5.69 Å². The molecule has 1 aromatic carbocycles. The molecule has 1 fully saturated rings. The monoisotopic (exact) mass is 354 g/mol. The molecule has 0 bridgehead atoms. The fraction of sp³-hybridized carbons (Fsp3) is 0.400. The van der Waals surface area contributed by atoms with Gasteiger partial charge in [0.15, 0.2) is 0 Å². The summed E-state index contributed by atoms with van der Waals surface area (Å²) in [5.74, 6) is 0.449. The van der Waals surface area contributed by atoms with Gasteiger partial charge >= 0.3 is 0 Å². The molecule has 0 spiro atoms. The Labute approximate surface area is 152 Å². The van der Waals surface area contributed by atoms with Gasteiger partial charge in [0.2, 0.25) is 0 Å². The molecule has 136 valence electrons. The van der Waals surface area contributed by atoms with Crippen molar-refractivity contribution in [1.29, 1.82) is 0 Å². The maximum Gasteiger partial charge on any atom is 0.123 e. The number of nitrogens with zero attached hydrogens (tertiary/aromatic N) is 4. The summed E-state index contributed by atoms with van der Waals surface area (Å²) in [4.78, 5) is 0. The van der Waals surface area contributed by atoms with E-state index in [0.29, 0.717) is 17.7 Å². The van der Waals surface area contributed by atoms with Crippen molar-refractivity contribution in [3.05, 3.63) is 65.0 Å². The molecule has 0 radical (unpaired) electrons. The highest BCUT2D eigenvalue weighted by atomic mass is 19.1. The van der Waals surface area contributed by atoms with E-state index in [1.807, 2.05) is 17.8 Å². The highest BCUT2D eigenvalue weighted by Gasteiger charge is 2.23. The van der Waals surface area contributed by atoms with E-state index in [9.17, 15) is 9.50 Å². The molecule has 0 unspecified atom stereocenters. The maximum absolute atomic E-state index is 13.6. The summed E-state index contributed by atoms with van der Waals surface area (Å²) in [6.45, 7) is 1.63. The molecular weight excluding hydrogens is 331 g/mol. The molecule has 0 saturated heterocycles. The molecule has 2 heterocycles. The predicted molar refractivity (Wildman–Crippen MR) is 96.6 cm³/mol. The maximum atomic E-state index is 13.6. The van der Waals surface area contributed by atoms with Crippen LogP contribution < -0.4 is 0 Å². The molecule has 1 aliphatic rings. The van der Waals surface area contributed by atoms with Gasteiger partial charge in [-0.25, -0.2) is 9.07 Å². The Hall–Kier alpha value is -2.47. The standard InChI is InChI=1S/C20H23FN4O/c1-13(26)19-10-15(21)5-6-20(19)25-17(7-8-22-25)11-16-12-18(24(2)23-16)9-14-3-4-14/h5-8,10,12-14,26H,3-4,9,11H2,1-2H3/t13-/m1/s1. The molecule has 0 aliphatic heterocycles. The molecule has 4 rings (SSSR count). The number of hydrogen-bond acceptors (Lipinski definition) is 3. The fourth-order valence-corrected chi connectivity index (χ4v) is 3.39. The molecule has 26 heavy (non-hydrogen) atoms. The summed E-state index contributed by atoms with van der Waals surface area (Å²) in [6, 6.07) is 8.51. The van der Waals surface area contributed by atoms with E-state index < -0.39 is 6.10 Å². The number of aryl methyl sites for hydroxylation is 1. The van der Waals surface area contributed by atoms with E-state index >= 15 is 0 Å². The molecule has 6 heteroatoms. The van der Waals surface area contributed by atoms with Gasteiger partial charge in [0.25, 0.3) is 0 Å². The lowest BCUT2D eigenvalue weighted by Crippen LogP contribution is -2.08. The molecule has 3 aromatic rings. The summed E-state index contributed by atoms with van der Waals surface area (Å²) >= 11 is 0. The summed E-state index contributed by atoms with van der Waals surface area (Å²) in [7, 11) is 1.99. The molecule has 2 aromatic heterocycles. The molecule has 1 saturated carbocycles. The third-order valence-corrected chi connectivity index (χ3v) is 4.97. The van der Waals surface area contributed by atoms with Crippen molar-refractivity contribution < 1.29 is 9.50 Å². The van der Waals surface area contributed by atoms with Gasteiger partial charge in [-0.1, -0.05) is 0 Å². The second-order valence-electron chi connectivity index (χ2n) is 7.19. The van der Waals surface area contributed by atoms with Crippen LogP contribution in [-0.4, -0.2) is 24.7 Å². The minimum atomic E-state index is -0.780. The van der Waals surface area contributed by atoms with Crippen LogP contribution in [0.5, 0.6) is 0 Å². The van der Waals surface area contributed by atoms with Gasteiger partial charge in [0.05, 0.1) is 23.2 Å². The van der Waals surface area contributed by atoms with Gasteiger partial charge in [0, 0.05) is 30.9 Å². The van der Waals surface area contributed by atoms with Gasteiger partial charge in [-0.3, -0.25) is 4.68 Å². The molecule has 1 atom stereocenters. The van der Waals surface area contributed by atoms with Crippen molar-refractivity contribution in [2.24, 2.45) is 13.0 Å². The van der Waals surface area contributed by atoms with Crippen LogP contribution in [0.2, 0.25) is 0 Å². The van der Waals surface area contributed by atoms with E-state index in [4.69, 9.17) is 0 Å². The quantitative estimate of drug-likeness (QED) is 0.739. The number of benzene rings is 1. The van der Waals surface area contributed by atoms with Crippen LogP contribution in [0, 0.1) is 11.7 Å². The van der Waals surface area contributed by atoms with E-state index in [0.717, 1.165) is 23.7 Å². The summed E-state index contributed by atoms with van der Waals surface area (Å²) in [5, 5.41) is 19.0. The van der Waals surface area contributed by atoms with E-state index in [-0.39, 0.29) is 5.82 Å². The largest absolute Gasteiger partial charge is 0.389 e. The highest BCUT2D eigenvalue weighted by Crippen LogP contribution is 2.32. The number of hydrogen-bond donors (Lipinski definition) is 1. The van der Waals surface area contributed by atoms with Crippen LogP contribution in [0.1, 0.15) is 48.5 Å². The smallest absolute Gasteiger partial charge is 0.123 e. The van der Waals surface area contributed by atoms with Gasteiger partial charge in [0.1, 0.15) is 5.82 Å². The molecule has 1 aliphatic carbocycles. The second kappa shape index (κ2) is 6.68. The Bertz CT molecular complexity index is 924. The minimum Gasteiger partial charge on any atom is -0.389 e. The third-order valence-electron chi connectivity index (χ3n) is 4.97. The summed E-state index contributed by atoms with van der Waals surface area (Å²) in [6.07, 6.45) is 5.30. The van der Waals surface area contributed by atoms with E-state index in [1.54, 1.807) is 23.9 Å². The first-order chi connectivity index (χ1) is 12.5. The topological polar surface area (TPSA) is 55.9 Å². The Balaban J connectivity index is 1.64. The fourth-order valence-electron chi connectivity index (χ4n) is 3.39. The van der Waals surface area contributed by atoms with Gasteiger partial charge in [-0.15, -0.1) is 0 Å². The molecular formula is C20H23FN4O. The lowest BCUT2D eigenvalue weighted by Gasteiger charge is -2.14. The first kappa shape index (κ1) is 17.0. The Morgan fingerprint density at radius 1 is 1.23 bits per heavy atom.